The monoisotopic (exact) mass is 290 g/mol. The Morgan fingerprint density at radius 2 is 1.95 bits per heavy atom. The first-order valence-corrected chi connectivity index (χ1v) is 7.18. The average Bonchev–Trinajstić information content (AvgIpc) is 2.79. The van der Waals surface area contributed by atoms with Crippen molar-refractivity contribution in [2.75, 3.05) is 13.1 Å². The summed E-state index contributed by atoms with van der Waals surface area (Å²) in [7, 11) is 0. The van der Waals surface area contributed by atoms with Crippen LogP contribution in [0.5, 0.6) is 0 Å². The zero-order valence-electron chi connectivity index (χ0n) is 13.0. The number of carboxylic acids is 1. The van der Waals surface area contributed by atoms with Gasteiger partial charge in [0.15, 0.2) is 0 Å². The van der Waals surface area contributed by atoms with Crippen LogP contribution >= 0.6 is 0 Å². The predicted molar refractivity (Wildman–Crippen MR) is 79.1 cm³/mol. The van der Waals surface area contributed by atoms with Crippen molar-refractivity contribution < 1.29 is 14.7 Å². The molecule has 5 nitrogen and oxygen atoms in total. The molecule has 0 unspecified atom stereocenters. The fraction of sp³-hybridized carbons (Fsp3) is 0.562. The second-order valence-corrected chi connectivity index (χ2v) is 6.81. The van der Waals surface area contributed by atoms with E-state index in [4.69, 9.17) is 5.11 Å². The van der Waals surface area contributed by atoms with Gasteiger partial charge in [-0.3, -0.25) is 14.6 Å². The van der Waals surface area contributed by atoms with Crippen LogP contribution in [-0.4, -0.2) is 40.0 Å². The van der Waals surface area contributed by atoms with Gasteiger partial charge in [0.25, 0.3) is 5.91 Å². The van der Waals surface area contributed by atoms with Crippen molar-refractivity contribution in [3.63, 3.8) is 0 Å². The SMILES string of the molecule is C[C@@H]1CN(C(=O)c2ccc(C(C)(C)C)cn2)C[C@H]1C(=O)O. The molecule has 21 heavy (non-hydrogen) atoms. The van der Waals surface area contributed by atoms with Crippen LogP contribution in [0.15, 0.2) is 18.3 Å². The molecule has 1 N–H and O–H groups in total. The Kier molecular flexibility index (Phi) is 4.03. The molecule has 1 saturated heterocycles. The lowest BCUT2D eigenvalue weighted by molar-refractivity contribution is -0.142. The zero-order chi connectivity index (χ0) is 15.8. The molecule has 2 rings (SSSR count). The molecule has 0 bridgehead atoms. The third-order valence-electron chi connectivity index (χ3n) is 4.07. The van der Waals surface area contributed by atoms with E-state index in [1.54, 1.807) is 17.2 Å². The number of hydrogen-bond donors (Lipinski definition) is 1. The Bertz CT molecular complexity index is 546. The molecule has 1 aromatic rings. The predicted octanol–water partition coefficient (Wildman–Crippen LogP) is 2.17. The fourth-order valence-electron chi connectivity index (χ4n) is 2.58. The molecule has 5 heteroatoms. The van der Waals surface area contributed by atoms with Crippen molar-refractivity contribution in [2.45, 2.75) is 33.1 Å². The molecule has 0 spiro atoms. The summed E-state index contributed by atoms with van der Waals surface area (Å²) in [5.41, 5.74) is 1.43. The van der Waals surface area contributed by atoms with E-state index in [1.807, 2.05) is 13.0 Å². The summed E-state index contributed by atoms with van der Waals surface area (Å²) in [6, 6.07) is 3.64. The second-order valence-electron chi connectivity index (χ2n) is 6.81. The minimum absolute atomic E-state index is 0.00879. The van der Waals surface area contributed by atoms with E-state index in [-0.39, 0.29) is 23.8 Å². The summed E-state index contributed by atoms with van der Waals surface area (Å²) >= 11 is 0. The number of carboxylic acid groups (broad SMARTS) is 1. The van der Waals surface area contributed by atoms with Crippen LogP contribution in [0.1, 0.15) is 43.7 Å². The lowest BCUT2D eigenvalue weighted by atomic mass is 9.88. The van der Waals surface area contributed by atoms with Crippen molar-refractivity contribution in [3.05, 3.63) is 29.6 Å². The number of pyridine rings is 1. The minimum Gasteiger partial charge on any atom is -0.481 e. The lowest BCUT2D eigenvalue weighted by Crippen LogP contribution is -2.30. The van der Waals surface area contributed by atoms with E-state index < -0.39 is 11.9 Å². The van der Waals surface area contributed by atoms with Gasteiger partial charge in [0.2, 0.25) is 0 Å². The van der Waals surface area contributed by atoms with Gasteiger partial charge in [-0.2, -0.15) is 0 Å². The van der Waals surface area contributed by atoms with Crippen LogP contribution in [0.2, 0.25) is 0 Å². The Hall–Kier alpha value is -1.91. The van der Waals surface area contributed by atoms with Gasteiger partial charge in [0, 0.05) is 19.3 Å². The van der Waals surface area contributed by atoms with Gasteiger partial charge in [-0.05, 0) is 23.0 Å². The molecule has 0 radical (unpaired) electrons. The van der Waals surface area contributed by atoms with Crippen molar-refractivity contribution >= 4 is 11.9 Å². The highest BCUT2D eigenvalue weighted by Crippen LogP contribution is 2.25. The lowest BCUT2D eigenvalue weighted by Gasteiger charge is -2.19. The average molecular weight is 290 g/mol. The van der Waals surface area contributed by atoms with Gasteiger partial charge < -0.3 is 10.0 Å². The maximum Gasteiger partial charge on any atom is 0.308 e. The largest absolute Gasteiger partial charge is 0.481 e. The van der Waals surface area contributed by atoms with Crippen LogP contribution in [0.25, 0.3) is 0 Å². The van der Waals surface area contributed by atoms with E-state index >= 15 is 0 Å². The third kappa shape index (κ3) is 3.23. The van der Waals surface area contributed by atoms with Crippen molar-refractivity contribution in [2.24, 2.45) is 11.8 Å². The van der Waals surface area contributed by atoms with Gasteiger partial charge in [-0.25, -0.2) is 0 Å². The molecule has 2 atom stereocenters. The Labute approximate surface area is 125 Å². The molecule has 1 fully saturated rings. The molecule has 114 valence electrons. The van der Waals surface area contributed by atoms with Crippen molar-refractivity contribution in [3.8, 4) is 0 Å². The smallest absolute Gasteiger partial charge is 0.308 e. The zero-order valence-corrected chi connectivity index (χ0v) is 13.0. The topological polar surface area (TPSA) is 70.5 Å². The number of hydrogen-bond acceptors (Lipinski definition) is 3. The highest BCUT2D eigenvalue weighted by Gasteiger charge is 2.37. The number of carbonyl (C=O) groups excluding carboxylic acids is 1. The van der Waals surface area contributed by atoms with Crippen LogP contribution in [0.4, 0.5) is 0 Å². The summed E-state index contributed by atoms with van der Waals surface area (Å²) in [6.07, 6.45) is 1.72. The quantitative estimate of drug-likeness (QED) is 0.906. The fourth-order valence-corrected chi connectivity index (χ4v) is 2.58. The standard InChI is InChI=1S/C16H22N2O3/c1-10-8-18(9-12(10)15(20)21)14(19)13-6-5-11(7-17-13)16(2,3)4/h5-7,10,12H,8-9H2,1-4H3,(H,20,21)/t10-,12-/m1/s1. The molecular weight excluding hydrogens is 268 g/mol. The van der Waals surface area contributed by atoms with Gasteiger partial charge in [0.05, 0.1) is 5.92 Å². The number of likely N-dealkylation sites (tertiary alicyclic amines) is 1. The number of rotatable bonds is 2. The number of carbonyl (C=O) groups is 2. The van der Waals surface area contributed by atoms with Crippen LogP contribution in [0, 0.1) is 11.8 Å². The molecular formula is C16H22N2O3. The van der Waals surface area contributed by atoms with E-state index in [2.05, 4.69) is 25.8 Å². The molecule has 1 aromatic heterocycles. The number of amides is 1. The number of nitrogens with zero attached hydrogens (tertiary/aromatic N) is 2. The Balaban J connectivity index is 2.13. The van der Waals surface area contributed by atoms with E-state index in [9.17, 15) is 9.59 Å². The first-order chi connectivity index (χ1) is 9.70. The van der Waals surface area contributed by atoms with Gasteiger partial charge >= 0.3 is 5.97 Å². The van der Waals surface area contributed by atoms with E-state index in [0.717, 1.165) is 5.56 Å². The van der Waals surface area contributed by atoms with E-state index in [1.165, 1.54) is 0 Å². The summed E-state index contributed by atoms with van der Waals surface area (Å²) < 4.78 is 0. The van der Waals surface area contributed by atoms with Gasteiger partial charge in [-0.1, -0.05) is 33.8 Å². The normalized spacial score (nSPS) is 22.4. The highest BCUT2D eigenvalue weighted by molar-refractivity contribution is 5.93. The molecule has 1 aliphatic heterocycles. The molecule has 0 aliphatic carbocycles. The second kappa shape index (κ2) is 5.47. The third-order valence-corrected chi connectivity index (χ3v) is 4.07. The maximum absolute atomic E-state index is 12.4. The molecule has 1 amide bonds. The Morgan fingerprint density at radius 3 is 2.38 bits per heavy atom. The first kappa shape index (κ1) is 15.5. The minimum atomic E-state index is -0.839. The molecule has 2 heterocycles. The van der Waals surface area contributed by atoms with Crippen LogP contribution in [0.3, 0.4) is 0 Å². The Morgan fingerprint density at radius 1 is 1.29 bits per heavy atom. The number of aliphatic carboxylic acids is 1. The molecule has 1 aliphatic rings. The molecule has 0 saturated carbocycles. The molecule has 0 aromatic carbocycles. The maximum atomic E-state index is 12.4. The highest BCUT2D eigenvalue weighted by atomic mass is 16.4. The summed E-state index contributed by atoms with van der Waals surface area (Å²) in [5, 5.41) is 9.13. The summed E-state index contributed by atoms with van der Waals surface area (Å²) in [5.74, 6) is -1.54. The van der Waals surface area contributed by atoms with Gasteiger partial charge in [-0.15, -0.1) is 0 Å². The first-order valence-electron chi connectivity index (χ1n) is 7.18. The van der Waals surface area contributed by atoms with E-state index in [0.29, 0.717) is 12.2 Å². The summed E-state index contributed by atoms with van der Waals surface area (Å²) in [6.45, 7) is 8.86. The summed E-state index contributed by atoms with van der Waals surface area (Å²) in [4.78, 5) is 29.3. The van der Waals surface area contributed by atoms with Gasteiger partial charge in [0.1, 0.15) is 5.69 Å². The number of aromatic nitrogens is 1. The van der Waals surface area contributed by atoms with Crippen molar-refractivity contribution in [1.82, 2.24) is 9.88 Å². The van der Waals surface area contributed by atoms with Crippen molar-refractivity contribution in [1.29, 1.82) is 0 Å². The van der Waals surface area contributed by atoms with Crippen LogP contribution in [-0.2, 0) is 10.2 Å². The van der Waals surface area contributed by atoms with Crippen LogP contribution < -0.4 is 0 Å².